The van der Waals surface area contributed by atoms with Crippen LogP contribution in [0.1, 0.15) is 16.2 Å². The van der Waals surface area contributed by atoms with Crippen LogP contribution in [0.25, 0.3) is 11.4 Å². The fourth-order valence-electron chi connectivity index (χ4n) is 2.44. The van der Waals surface area contributed by atoms with Crippen molar-refractivity contribution in [3.05, 3.63) is 58.3 Å². The number of aryl methyl sites for hydroxylation is 1. The second kappa shape index (κ2) is 7.49. The number of sulfonamides is 1. The Labute approximate surface area is 164 Å². The average molecular weight is 451 g/mol. The lowest BCUT2D eigenvalue weighted by atomic mass is 10.2. The maximum atomic E-state index is 13.0. The zero-order valence-corrected chi connectivity index (χ0v) is 16.8. The zero-order valence-electron chi connectivity index (χ0n) is 14.4. The van der Waals surface area contributed by atoms with Gasteiger partial charge in [0.05, 0.1) is 18.4 Å². The van der Waals surface area contributed by atoms with E-state index in [0.29, 0.717) is 21.7 Å². The summed E-state index contributed by atoms with van der Waals surface area (Å²) in [6.07, 6.45) is 0. The van der Waals surface area contributed by atoms with Gasteiger partial charge in [0.2, 0.25) is 0 Å². The summed E-state index contributed by atoms with van der Waals surface area (Å²) in [6.45, 7) is 1.74. The van der Waals surface area contributed by atoms with Crippen molar-refractivity contribution in [1.29, 1.82) is 0 Å². The van der Waals surface area contributed by atoms with Crippen LogP contribution >= 0.6 is 15.9 Å². The number of aromatic amines is 1. The number of esters is 1. The molecule has 0 atom stereocenters. The van der Waals surface area contributed by atoms with Gasteiger partial charge in [-0.3, -0.25) is 9.82 Å². The fourth-order valence-corrected chi connectivity index (χ4v) is 4.05. The molecule has 3 aromatic rings. The Balaban J connectivity index is 2.06. The van der Waals surface area contributed by atoms with Crippen LogP contribution in [-0.4, -0.2) is 36.7 Å². The van der Waals surface area contributed by atoms with Crippen molar-refractivity contribution in [2.75, 3.05) is 11.8 Å². The molecule has 0 saturated carbocycles. The zero-order chi connectivity index (χ0) is 19.6. The van der Waals surface area contributed by atoms with E-state index in [9.17, 15) is 13.2 Å². The minimum absolute atomic E-state index is 0.0782. The number of para-hydroxylation sites is 1. The van der Waals surface area contributed by atoms with Gasteiger partial charge in [-0.1, -0.05) is 28.1 Å². The van der Waals surface area contributed by atoms with E-state index in [2.05, 4.69) is 35.8 Å². The molecule has 0 bridgehead atoms. The normalized spacial score (nSPS) is 11.2. The standard InChI is InChI=1S/C17H15BrN4O4S/c1-10-19-16(21-20-10)12-5-3-4-6-14(12)22-27(24,25)15-8-7-11(18)9-13(15)17(23)26-2/h3-9,22H,1-2H3,(H,19,20,21). The van der Waals surface area contributed by atoms with E-state index < -0.39 is 16.0 Å². The maximum absolute atomic E-state index is 13.0. The van der Waals surface area contributed by atoms with Gasteiger partial charge in [-0.15, -0.1) is 0 Å². The Morgan fingerprint density at radius 1 is 1.22 bits per heavy atom. The second-order valence-electron chi connectivity index (χ2n) is 5.53. The van der Waals surface area contributed by atoms with Gasteiger partial charge in [0, 0.05) is 10.0 Å². The highest BCUT2D eigenvalue weighted by molar-refractivity contribution is 9.10. The average Bonchev–Trinajstić information content (AvgIpc) is 3.07. The van der Waals surface area contributed by atoms with Crippen LogP contribution in [0.3, 0.4) is 0 Å². The second-order valence-corrected chi connectivity index (χ2v) is 8.09. The fraction of sp³-hybridized carbons (Fsp3) is 0.118. The van der Waals surface area contributed by atoms with Crippen molar-refractivity contribution in [3.8, 4) is 11.4 Å². The molecular formula is C17H15BrN4O4S. The summed E-state index contributed by atoms with van der Waals surface area (Å²) in [7, 11) is -2.89. The summed E-state index contributed by atoms with van der Waals surface area (Å²) >= 11 is 3.23. The first-order chi connectivity index (χ1) is 12.8. The van der Waals surface area contributed by atoms with Gasteiger partial charge in [0.25, 0.3) is 10.0 Å². The third-order valence-electron chi connectivity index (χ3n) is 3.65. The number of carbonyl (C=O) groups is 1. The summed E-state index contributed by atoms with van der Waals surface area (Å²) in [4.78, 5) is 16.1. The third-order valence-corrected chi connectivity index (χ3v) is 5.56. The first-order valence-electron chi connectivity index (χ1n) is 7.71. The number of hydrogen-bond acceptors (Lipinski definition) is 6. The third kappa shape index (κ3) is 4.01. The van der Waals surface area contributed by atoms with Crippen LogP contribution in [0.15, 0.2) is 51.8 Å². The lowest BCUT2D eigenvalue weighted by Crippen LogP contribution is -2.18. The predicted octanol–water partition coefficient (Wildman–Crippen LogP) is 3.13. The number of anilines is 1. The molecule has 0 aliphatic heterocycles. The van der Waals surface area contributed by atoms with E-state index in [4.69, 9.17) is 4.74 Å². The number of benzene rings is 2. The molecule has 0 unspecified atom stereocenters. The first-order valence-corrected chi connectivity index (χ1v) is 9.98. The van der Waals surface area contributed by atoms with Gasteiger partial charge in [0.1, 0.15) is 10.7 Å². The van der Waals surface area contributed by atoms with Crippen molar-refractivity contribution < 1.29 is 17.9 Å². The summed E-state index contributed by atoms with van der Waals surface area (Å²) in [5, 5.41) is 6.79. The van der Waals surface area contributed by atoms with Gasteiger partial charge in [0.15, 0.2) is 5.82 Å². The van der Waals surface area contributed by atoms with E-state index in [0.717, 1.165) is 0 Å². The lowest BCUT2D eigenvalue weighted by molar-refractivity contribution is 0.0596. The molecule has 8 nitrogen and oxygen atoms in total. The van der Waals surface area contributed by atoms with Crippen LogP contribution in [0.4, 0.5) is 5.69 Å². The molecule has 140 valence electrons. The van der Waals surface area contributed by atoms with Gasteiger partial charge >= 0.3 is 5.97 Å². The topological polar surface area (TPSA) is 114 Å². The SMILES string of the molecule is COC(=O)c1cc(Br)ccc1S(=O)(=O)Nc1ccccc1-c1n[nH]c(C)n1. The molecule has 0 spiro atoms. The van der Waals surface area contributed by atoms with E-state index in [1.807, 2.05) is 0 Å². The number of methoxy groups -OCH3 is 1. The Hall–Kier alpha value is -2.72. The smallest absolute Gasteiger partial charge is 0.339 e. The number of nitrogens with zero attached hydrogens (tertiary/aromatic N) is 2. The minimum atomic E-state index is -4.08. The van der Waals surface area contributed by atoms with Crippen LogP contribution in [-0.2, 0) is 14.8 Å². The van der Waals surface area contributed by atoms with Gasteiger partial charge in [-0.25, -0.2) is 18.2 Å². The Morgan fingerprint density at radius 3 is 2.63 bits per heavy atom. The predicted molar refractivity (Wildman–Crippen MR) is 103 cm³/mol. The molecule has 1 heterocycles. The monoisotopic (exact) mass is 450 g/mol. The van der Waals surface area contributed by atoms with Crippen LogP contribution in [0.5, 0.6) is 0 Å². The summed E-state index contributed by atoms with van der Waals surface area (Å²) in [6, 6.07) is 11.0. The lowest BCUT2D eigenvalue weighted by Gasteiger charge is -2.13. The molecule has 0 fully saturated rings. The van der Waals surface area contributed by atoms with Gasteiger partial charge < -0.3 is 4.74 Å². The van der Waals surface area contributed by atoms with Crippen molar-refractivity contribution in [3.63, 3.8) is 0 Å². The first kappa shape index (κ1) is 19.1. The molecule has 2 aromatic carbocycles. The molecular weight excluding hydrogens is 436 g/mol. The molecule has 0 radical (unpaired) electrons. The molecule has 0 saturated heterocycles. The van der Waals surface area contributed by atoms with Crippen molar-refractivity contribution in [2.24, 2.45) is 0 Å². The molecule has 0 aliphatic carbocycles. The summed E-state index contributed by atoms with van der Waals surface area (Å²) in [5.74, 6) is 0.202. The number of halogens is 1. The van der Waals surface area contributed by atoms with Gasteiger partial charge in [-0.05, 0) is 37.3 Å². The number of aromatic nitrogens is 3. The Bertz CT molecular complexity index is 1110. The van der Waals surface area contributed by atoms with Gasteiger partial charge in [-0.2, -0.15) is 5.10 Å². The Morgan fingerprint density at radius 2 is 1.96 bits per heavy atom. The van der Waals surface area contributed by atoms with E-state index in [1.165, 1.54) is 25.3 Å². The summed E-state index contributed by atoms with van der Waals surface area (Å²) < 4.78 is 33.7. The number of nitrogens with one attached hydrogen (secondary N) is 2. The largest absolute Gasteiger partial charge is 0.465 e. The maximum Gasteiger partial charge on any atom is 0.339 e. The molecule has 0 amide bonds. The highest BCUT2D eigenvalue weighted by Crippen LogP contribution is 2.29. The quantitative estimate of drug-likeness (QED) is 0.577. The number of rotatable bonds is 5. The van der Waals surface area contributed by atoms with Crippen molar-refractivity contribution >= 4 is 37.6 Å². The molecule has 10 heteroatoms. The van der Waals surface area contributed by atoms with Crippen LogP contribution < -0.4 is 4.72 Å². The van der Waals surface area contributed by atoms with E-state index in [1.54, 1.807) is 31.2 Å². The molecule has 1 aromatic heterocycles. The van der Waals surface area contributed by atoms with Crippen LogP contribution in [0.2, 0.25) is 0 Å². The number of ether oxygens (including phenoxy) is 1. The molecule has 3 rings (SSSR count). The number of carbonyl (C=O) groups excluding carboxylic acids is 1. The minimum Gasteiger partial charge on any atom is -0.465 e. The van der Waals surface area contributed by atoms with Crippen molar-refractivity contribution in [1.82, 2.24) is 15.2 Å². The van der Waals surface area contributed by atoms with E-state index in [-0.39, 0.29) is 16.1 Å². The Kier molecular flexibility index (Phi) is 5.29. The molecule has 0 aliphatic rings. The number of H-pyrrole nitrogens is 1. The number of hydrogen-bond donors (Lipinski definition) is 2. The molecule has 2 N–H and O–H groups in total. The van der Waals surface area contributed by atoms with Crippen molar-refractivity contribution in [2.45, 2.75) is 11.8 Å². The summed E-state index contributed by atoms with van der Waals surface area (Å²) in [5.41, 5.74) is 0.711. The highest BCUT2D eigenvalue weighted by atomic mass is 79.9. The molecule has 27 heavy (non-hydrogen) atoms. The van der Waals surface area contributed by atoms with Crippen LogP contribution in [0, 0.1) is 6.92 Å². The van der Waals surface area contributed by atoms with E-state index >= 15 is 0 Å². The highest BCUT2D eigenvalue weighted by Gasteiger charge is 2.25.